The molecule has 0 saturated carbocycles. The van der Waals surface area contributed by atoms with Gasteiger partial charge < -0.3 is 14.5 Å². The molecule has 16 heavy (non-hydrogen) atoms. The van der Waals surface area contributed by atoms with Gasteiger partial charge in [0, 0.05) is 18.5 Å². The Morgan fingerprint density at radius 3 is 2.88 bits per heavy atom. The number of hydrogen-bond donors (Lipinski definition) is 1. The van der Waals surface area contributed by atoms with E-state index in [4.69, 9.17) is 9.47 Å². The number of methoxy groups -OCH3 is 1. The maximum atomic E-state index is 11.3. The van der Waals surface area contributed by atoms with E-state index in [1.165, 1.54) is 12.4 Å². The normalized spacial score (nSPS) is 9.81. The molecule has 0 aliphatic carbocycles. The van der Waals surface area contributed by atoms with Crippen LogP contribution in [0.25, 0.3) is 0 Å². The summed E-state index contributed by atoms with van der Waals surface area (Å²) in [7, 11) is 1.56. The van der Waals surface area contributed by atoms with E-state index in [1.54, 1.807) is 31.4 Å². The summed E-state index contributed by atoms with van der Waals surface area (Å²) in [5, 5.41) is 0. The second kappa shape index (κ2) is 4.48. The van der Waals surface area contributed by atoms with Crippen molar-refractivity contribution >= 4 is 0 Å². The van der Waals surface area contributed by atoms with Crippen molar-refractivity contribution in [3.63, 3.8) is 0 Å². The fourth-order valence-corrected chi connectivity index (χ4v) is 1.19. The SMILES string of the molecule is COc1cccc(Oc2ncc[nH]c2=O)c1. The first-order valence-corrected chi connectivity index (χ1v) is 4.65. The smallest absolute Gasteiger partial charge is 0.311 e. The van der Waals surface area contributed by atoms with Crippen molar-refractivity contribution in [1.29, 1.82) is 0 Å². The van der Waals surface area contributed by atoms with Gasteiger partial charge >= 0.3 is 5.56 Å². The molecule has 2 aromatic rings. The molecule has 1 N–H and O–H groups in total. The zero-order valence-electron chi connectivity index (χ0n) is 8.64. The van der Waals surface area contributed by atoms with Crippen molar-refractivity contribution in [3.05, 3.63) is 47.0 Å². The fraction of sp³-hybridized carbons (Fsp3) is 0.0909. The number of H-pyrrole nitrogens is 1. The van der Waals surface area contributed by atoms with Crippen LogP contribution in [0.2, 0.25) is 0 Å². The van der Waals surface area contributed by atoms with Gasteiger partial charge in [-0.25, -0.2) is 4.98 Å². The highest BCUT2D eigenvalue weighted by Gasteiger charge is 2.03. The third kappa shape index (κ3) is 2.20. The molecule has 2 rings (SSSR count). The molecule has 0 saturated heterocycles. The van der Waals surface area contributed by atoms with Crippen molar-refractivity contribution in [2.24, 2.45) is 0 Å². The Kier molecular flexibility index (Phi) is 2.86. The second-order valence-electron chi connectivity index (χ2n) is 3.00. The average molecular weight is 218 g/mol. The second-order valence-corrected chi connectivity index (χ2v) is 3.00. The van der Waals surface area contributed by atoms with Crippen molar-refractivity contribution in [2.75, 3.05) is 7.11 Å². The number of aromatic amines is 1. The summed E-state index contributed by atoms with van der Waals surface area (Å²) in [4.78, 5) is 17.6. The quantitative estimate of drug-likeness (QED) is 0.849. The Bertz CT molecular complexity index is 537. The summed E-state index contributed by atoms with van der Waals surface area (Å²) in [5.74, 6) is 1.17. The van der Waals surface area contributed by atoms with Gasteiger partial charge in [-0.15, -0.1) is 0 Å². The van der Waals surface area contributed by atoms with Crippen LogP contribution >= 0.6 is 0 Å². The van der Waals surface area contributed by atoms with Gasteiger partial charge in [0.25, 0.3) is 5.88 Å². The van der Waals surface area contributed by atoms with Gasteiger partial charge in [-0.05, 0) is 12.1 Å². The van der Waals surface area contributed by atoms with Crippen LogP contribution in [-0.4, -0.2) is 17.1 Å². The third-order valence-corrected chi connectivity index (χ3v) is 1.93. The molecule has 82 valence electrons. The lowest BCUT2D eigenvalue weighted by molar-refractivity contribution is 0.406. The van der Waals surface area contributed by atoms with Crippen LogP contribution < -0.4 is 15.0 Å². The molecule has 0 fully saturated rings. The lowest BCUT2D eigenvalue weighted by Crippen LogP contribution is -2.09. The number of aromatic nitrogens is 2. The molecule has 0 radical (unpaired) electrons. The molecule has 0 amide bonds. The molecule has 1 aromatic carbocycles. The van der Waals surface area contributed by atoms with E-state index < -0.39 is 0 Å². The summed E-state index contributed by atoms with van der Waals surface area (Å²) >= 11 is 0. The van der Waals surface area contributed by atoms with Gasteiger partial charge in [-0.3, -0.25) is 4.79 Å². The molecule has 0 aliphatic heterocycles. The number of benzene rings is 1. The minimum Gasteiger partial charge on any atom is -0.497 e. The molecule has 0 aliphatic rings. The molecular formula is C11H10N2O3. The monoisotopic (exact) mass is 218 g/mol. The minimum atomic E-state index is -0.370. The summed E-state index contributed by atoms with van der Waals surface area (Å²) in [6.45, 7) is 0. The van der Waals surface area contributed by atoms with Crippen molar-refractivity contribution < 1.29 is 9.47 Å². The number of ether oxygens (including phenoxy) is 2. The van der Waals surface area contributed by atoms with Crippen molar-refractivity contribution in [3.8, 4) is 17.4 Å². The van der Waals surface area contributed by atoms with Crippen LogP contribution in [0.15, 0.2) is 41.5 Å². The highest BCUT2D eigenvalue weighted by atomic mass is 16.5. The Labute approximate surface area is 91.7 Å². The first-order chi connectivity index (χ1) is 7.79. The molecule has 0 bridgehead atoms. The first-order valence-electron chi connectivity index (χ1n) is 4.65. The Balaban J connectivity index is 2.27. The predicted octanol–water partition coefficient (Wildman–Crippen LogP) is 1.57. The standard InChI is InChI=1S/C11H10N2O3/c1-15-8-3-2-4-9(7-8)16-11-10(14)12-5-6-13-11/h2-7H,1H3,(H,12,14). The van der Waals surface area contributed by atoms with E-state index in [-0.39, 0.29) is 11.4 Å². The van der Waals surface area contributed by atoms with Gasteiger partial charge in [0.15, 0.2) is 0 Å². The fourth-order valence-electron chi connectivity index (χ4n) is 1.19. The highest BCUT2D eigenvalue weighted by molar-refractivity contribution is 5.34. The van der Waals surface area contributed by atoms with Gasteiger partial charge in [0.2, 0.25) is 0 Å². The maximum Gasteiger partial charge on any atom is 0.311 e. The maximum absolute atomic E-state index is 11.3. The molecule has 5 heteroatoms. The molecule has 1 heterocycles. The molecular weight excluding hydrogens is 208 g/mol. The van der Waals surface area contributed by atoms with Crippen LogP contribution in [0.3, 0.4) is 0 Å². The lowest BCUT2D eigenvalue weighted by atomic mass is 10.3. The molecule has 0 atom stereocenters. The summed E-state index contributed by atoms with van der Waals surface area (Å²) in [5.41, 5.74) is -0.370. The predicted molar refractivity (Wildman–Crippen MR) is 57.9 cm³/mol. The topological polar surface area (TPSA) is 64.2 Å². The van der Waals surface area contributed by atoms with Crippen LogP contribution in [0.5, 0.6) is 17.4 Å². The Morgan fingerprint density at radius 2 is 2.12 bits per heavy atom. The van der Waals surface area contributed by atoms with Gasteiger partial charge in [0.05, 0.1) is 7.11 Å². The summed E-state index contributed by atoms with van der Waals surface area (Å²) < 4.78 is 10.4. The van der Waals surface area contributed by atoms with Gasteiger partial charge in [-0.2, -0.15) is 0 Å². The third-order valence-electron chi connectivity index (χ3n) is 1.93. The van der Waals surface area contributed by atoms with E-state index in [2.05, 4.69) is 9.97 Å². The lowest BCUT2D eigenvalue weighted by Gasteiger charge is -2.04. The largest absolute Gasteiger partial charge is 0.497 e. The van der Waals surface area contributed by atoms with E-state index in [0.717, 1.165) is 0 Å². The van der Waals surface area contributed by atoms with Gasteiger partial charge in [0.1, 0.15) is 11.5 Å². The number of nitrogens with zero attached hydrogens (tertiary/aromatic N) is 1. The van der Waals surface area contributed by atoms with Crippen molar-refractivity contribution in [2.45, 2.75) is 0 Å². The molecule has 0 unspecified atom stereocenters. The van der Waals surface area contributed by atoms with E-state index in [0.29, 0.717) is 11.5 Å². The zero-order chi connectivity index (χ0) is 11.4. The molecule has 0 spiro atoms. The average Bonchev–Trinajstić information content (AvgIpc) is 2.32. The van der Waals surface area contributed by atoms with Crippen LogP contribution in [0, 0.1) is 0 Å². The van der Waals surface area contributed by atoms with E-state index in [1.807, 2.05) is 0 Å². The van der Waals surface area contributed by atoms with E-state index >= 15 is 0 Å². The zero-order valence-corrected chi connectivity index (χ0v) is 8.64. The Morgan fingerprint density at radius 1 is 1.31 bits per heavy atom. The van der Waals surface area contributed by atoms with E-state index in [9.17, 15) is 4.79 Å². The number of nitrogens with one attached hydrogen (secondary N) is 1. The number of rotatable bonds is 3. The summed E-state index contributed by atoms with van der Waals surface area (Å²) in [6.07, 6.45) is 2.90. The van der Waals surface area contributed by atoms with Crippen LogP contribution in [0.1, 0.15) is 0 Å². The highest BCUT2D eigenvalue weighted by Crippen LogP contribution is 2.21. The first kappa shape index (κ1) is 10.2. The van der Waals surface area contributed by atoms with Crippen LogP contribution in [0.4, 0.5) is 0 Å². The Hall–Kier alpha value is -2.30. The molecule has 5 nitrogen and oxygen atoms in total. The summed E-state index contributed by atoms with van der Waals surface area (Å²) in [6, 6.07) is 6.95. The van der Waals surface area contributed by atoms with Crippen LogP contribution in [-0.2, 0) is 0 Å². The van der Waals surface area contributed by atoms with Crippen molar-refractivity contribution in [1.82, 2.24) is 9.97 Å². The van der Waals surface area contributed by atoms with Gasteiger partial charge in [-0.1, -0.05) is 6.07 Å². The minimum absolute atomic E-state index is 0.00996. The number of hydrogen-bond acceptors (Lipinski definition) is 4. The molecule has 1 aromatic heterocycles.